The maximum atomic E-state index is 12.6. The van der Waals surface area contributed by atoms with Crippen molar-refractivity contribution < 1.29 is 9.53 Å². The van der Waals surface area contributed by atoms with Crippen LogP contribution in [0.4, 0.5) is 0 Å². The zero-order valence-corrected chi connectivity index (χ0v) is 14.4. The van der Waals surface area contributed by atoms with Gasteiger partial charge >= 0.3 is 0 Å². The predicted molar refractivity (Wildman–Crippen MR) is 90.6 cm³/mol. The molecule has 23 heavy (non-hydrogen) atoms. The summed E-state index contributed by atoms with van der Waals surface area (Å²) in [6, 6.07) is 8.14. The van der Waals surface area contributed by atoms with E-state index in [-0.39, 0.29) is 5.91 Å². The number of aryl methyl sites for hydroxylation is 2. The standard InChI is InChI=1S/C18H25N3O2/c1-5-11-21(6-2)18(22)16-12-20(4)19-17(16)23-13-15-9-7-14(3)8-10-15/h7-10,12H,5-6,11,13H2,1-4H3. The van der Waals surface area contributed by atoms with Crippen LogP contribution in [0.25, 0.3) is 0 Å². The van der Waals surface area contributed by atoms with E-state index < -0.39 is 0 Å². The molecule has 2 rings (SSSR count). The second kappa shape index (κ2) is 7.81. The van der Waals surface area contributed by atoms with Gasteiger partial charge < -0.3 is 9.64 Å². The molecule has 2 aromatic rings. The molecule has 0 saturated heterocycles. The van der Waals surface area contributed by atoms with Crippen LogP contribution >= 0.6 is 0 Å². The molecule has 1 aromatic carbocycles. The highest BCUT2D eigenvalue weighted by atomic mass is 16.5. The average molecular weight is 315 g/mol. The van der Waals surface area contributed by atoms with Crippen molar-refractivity contribution in [3.8, 4) is 5.88 Å². The number of benzene rings is 1. The molecule has 0 N–H and O–H groups in total. The molecule has 0 unspecified atom stereocenters. The molecule has 5 heteroatoms. The Hall–Kier alpha value is -2.30. The Labute approximate surface area is 137 Å². The number of carbonyl (C=O) groups is 1. The van der Waals surface area contributed by atoms with E-state index in [1.165, 1.54) is 5.56 Å². The molecule has 0 fully saturated rings. The van der Waals surface area contributed by atoms with E-state index in [1.807, 2.05) is 43.0 Å². The van der Waals surface area contributed by atoms with Crippen LogP contribution in [0.1, 0.15) is 41.8 Å². The number of rotatable bonds is 7. The topological polar surface area (TPSA) is 47.4 Å². The van der Waals surface area contributed by atoms with E-state index in [0.29, 0.717) is 24.6 Å². The highest BCUT2D eigenvalue weighted by Crippen LogP contribution is 2.19. The normalized spacial score (nSPS) is 10.6. The summed E-state index contributed by atoms with van der Waals surface area (Å²) in [6.45, 7) is 7.91. The molecular formula is C18H25N3O2. The van der Waals surface area contributed by atoms with Crippen molar-refractivity contribution in [2.75, 3.05) is 13.1 Å². The third-order valence-corrected chi connectivity index (χ3v) is 3.68. The first-order valence-corrected chi connectivity index (χ1v) is 8.06. The minimum atomic E-state index is -0.0265. The van der Waals surface area contributed by atoms with Gasteiger partial charge in [-0.05, 0) is 25.8 Å². The van der Waals surface area contributed by atoms with E-state index in [0.717, 1.165) is 18.5 Å². The van der Waals surface area contributed by atoms with Gasteiger partial charge in [-0.25, -0.2) is 0 Å². The molecule has 1 amide bonds. The Balaban J connectivity index is 2.13. The number of hydrogen-bond donors (Lipinski definition) is 0. The second-order valence-electron chi connectivity index (χ2n) is 5.68. The number of hydrogen-bond acceptors (Lipinski definition) is 3. The van der Waals surface area contributed by atoms with Gasteiger partial charge in [-0.15, -0.1) is 5.10 Å². The molecule has 0 spiro atoms. The van der Waals surface area contributed by atoms with E-state index in [1.54, 1.807) is 17.9 Å². The summed E-state index contributed by atoms with van der Waals surface area (Å²) in [5.74, 6) is 0.369. The van der Waals surface area contributed by atoms with Crippen molar-refractivity contribution in [3.63, 3.8) is 0 Å². The van der Waals surface area contributed by atoms with Crippen molar-refractivity contribution >= 4 is 5.91 Å². The molecule has 124 valence electrons. The molecule has 0 radical (unpaired) electrons. The molecule has 0 aliphatic heterocycles. The van der Waals surface area contributed by atoms with Crippen LogP contribution in [0, 0.1) is 6.92 Å². The first-order valence-electron chi connectivity index (χ1n) is 8.06. The molecule has 0 saturated carbocycles. The fraction of sp³-hybridized carbons (Fsp3) is 0.444. The van der Waals surface area contributed by atoms with E-state index >= 15 is 0 Å². The van der Waals surface area contributed by atoms with Crippen molar-refractivity contribution in [3.05, 3.63) is 47.2 Å². The van der Waals surface area contributed by atoms with Crippen molar-refractivity contribution in [2.45, 2.75) is 33.8 Å². The SMILES string of the molecule is CCCN(CC)C(=O)c1cn(C)nc1OCc1ccc(C)cc1. The first kappa shape index (κ1) is 17.1. The quantitative estimate of drug-likeness (QED) is 0.788. The van der Waals surface area contributed by atoms with Gasteiger partial charge in [-0.1, -0.05) is 36.8 Å². The summed E-state index contributed by atoms with van der Waals surface area (Å²) in [5, 5.41) is 4.29. The van der Waals surface area contributed by atoms with E-state index in [4.69, 9.17) is 4.74 Å². The summed E-state index contributed by atoms with van der Waals surface area (Å²) in [6.07, 6.45) is 2.66. The lowest BCUT2D eigenvalue weighted by Crippen LogP contribution is -2.31. The lowest BCUT2D eigenvalue weighted by atomic mass is 10.2. The summed E-state index contributed by atoms with van der Waals surface area (Å²) in [5.41, 5.74) is 2.79. The van der Waals surface area contributed by atoms with Crippen molar-refractivity contribution in [1.82, 2.24) is 14.7 Å². The minimum absolute atomic E-state index is 0.0265. The lowest BCUT2D eigenvalue weighted by molar-refractivity contribution is 0.0759. The molecule has 5 nitrogen and oxygen atoms in total. The van der Waals surface area contributed by atoms with Gasteiger partial charge in [0.1, 0.15) is 12.2 Å². The van der Waals surface area contributed by atoms with Crippen LogP contribution in [0.5, 0.6) is 5.88 Å². The summed E-state index contributed by atoms with van der Waals surface area (Å²) < 4.78 is 7.42. The second-order valence-corrected chi connectivity index (χ2v) is 5.68. The molecule has 0 aliphatic carbocycles. The number of ether oxygens (including phenoxy) is 1. The fourth-order valence-electron chi connectivity index (χ4n) is 2.40. The Morgan fingerprint density at radius 1 is 1.26 bits per heavy atom. The van der Waals surface area contributed by atoms with Gasteiger partial charge in [-0.3, -0.25) is 9.48 Å². The van der Waals surface area contributed by atoms with Gasteiger partial charge in [0.25, 0.3) is 5.91 Å². The monoisotopic (exact) mass is 315 g/mol. The zero-order chi connectivity index (χ0) is 16.8. The lowest BCUT2D eigenvalue weighted by Gasteiger charge is -2.19. The summed E-state index contributed by atoms with van der Waals surface area (Å²) in [7, 11) is 1.80. The van der Waals surface area contributed by atoms with Gasteiger partial charge in [0.15, 0.2) is 0 Å². The molecular weight excluding hydrogens is 290 g/mol. The number of amides is 1. The zero-order valence-electron chi connectivity index (χ0n) is 14.4. The van der Waals surface area contributed by atoms with Crippen LogP contribution in [0.3, 0.4) is 0 Å². The molecule has 0 atom stereocenters. The smallest absolute Gasteiger partial charge is 0.260 e. The van der Waals surface area contributed by atoms with Crippen molar-refractivity contribution in [2.24, 2.45) is 7.05 Å². The number of carbonyl (C=O) groups excluding carboxylic acids is 1. The van der Waals surface area contributed by atoms with Crippen LogP contribution in [-0.2, 0) is 13.7 Å². The van der Waals surface area contributed by atoms with Crippen LogP contribution < -0.4 is 4.74 Å². The molecule has 0 aliphatic rings. The Kier molecular flexibility index (Phi) is 5.79. The van der Waals surface area contributed by atoms with Gasteiger partial charge in [0, 0.05) is 26.3 Å². The summed E-state index contributed by atoms with van der Waals surface area (Å²) in [4.78, 5) is 14.5. The molecule has 1 heterocycles. The van der Waals surface area contributed by atoms with Crippen molar-refractivity contribution in [1.29, 1.82) is 0 Å². The Morgan fingerprint density at radius 2 is 1.96 bits per heavy atom. The van der Waals surface area contributed by atoms with Gasteiger partial charge in [0.2, 0.25) is 5.88 Å². The average Bonchev–Trinajstić information content (AvgIpc) is 2.92. The highest BCUT2D eigenvalue weighted by molar-refractivity contribution is 5.96. The Bertz CT molecular complexity index is 647. The molecule has 0 bridgehead atoms. The van der Waals surface area contributed by atoms with E-state index in [9.17, 15) is 4.79 Å². The highest BCUT2D eigenvalue weighted by Gasteiger charge is 2.21. The maximum Gasteiger partial charge on any atom is 0.260 e. The third kappa shape index (κ3) is 4.34. The van der Waals surface area contributed by atoms with Gasteiger partial charge in [0.05, 0.1) is 0 Å². The first-order chi connectivity index (χ1) is 11.0. The fourth-order valence-corrected chi connectivity index (χ4v) is 2.40. The molecule has 1 aromatic heterocycles. The third-order valence-electron chi connectivity index (χ3n) is 3.68. The van der Waals surface area contributed by atoms with Crippen LogP contribution in [-0.4, -0.2) is 33.7 Å². The van der Waals surface area contributed by atoms with Gasteiger partial charge in [-0.2, -0.15) is 0 Å². The largest absolute Gasteiger partial charge is 0.471 e. The number of aromatic nitrogens is 2. The predicted octanol–water partition coefficient (Wildman–Crippen LogP) is 3.18. The van der Waals surface area contributed by atoms with Crippen LogP contribution in [0.2, 0.25) is 0 Å². The van der Waals surface area contributed by atoms with Crippen LogP contribution in [0.15, 0.2) is 30.5 Å². The summed E-state index contributed by atoms with van der Waals surface area (Å²) >= 11 is 0. The minimum Gasteiger partial charge on any atom is -0.471 e. The number of nitrogens with zero attached hydrogens (tertiary/aromatic N) is 3. The Morgan fingerprint density at radius 3 is 2.57 bits per heavy atom. The van der Waals surface area contributed by atoms with E-state index in [2.05, 4.69) is 12.0 Å². The maximum absolute atomic E-state index is 12.6.